The lowest BCUT2D eigenvalue weighted by Gasteiger charge is -2.32. The van der Waals surface area contributed by atoms with Crippen LogP contribution >= 0.6 is 0 Å². The Morgan fingerprint density at radius 3 is 2.64 bits per heavy atom. The third kappa shape index (κ3) is 3.24. The molecule has 4 heteroatoms. The van der Waals surface area contributed by atoms with Crippen molar-refractivity contribution in [1.82, 2.24) is 0 Å². The van der Waals surface area contributed by atoms with Crippen molar-refractivity contribution in [2.45, 2.75) is 39.0 Å². The number of hydrogen-bond acceptors (Lipinski definition) is 4. The minimum Gasteiger partial charge on any atom is -0.496 e. The molecule has 1 atom stereocenters. The second-order valence-corrected chi connectivity index (χ2v) is 5.87. The predicted octanol–water partition coefficient (Wildman–Crippen LogP) is 3.50. The smallest absolute Gasteiger partial charge is 0.323 e. The van der Waals surface area contributed by atoms with Crippen LogP contribution in [0.2, 0.25) is 0 Å². The average molecular weight is 301 g/mol. The number of esters is 1. The number of nitrogens with zero attached hydrogens (tertiary/aromatic N) is 1. The van der Waals surface area contributed by atoms with Gasteiger partial charge in [-0.3, -0.25) is 4.79 Å². The Kier molecular flexibility index (Phi) is 5.43. The van der Waals surface area contributed by atoms with Crippen molar-refractivity contribution in [3.8, 4) is 11.8 Å². The Morgan fingerprint density at radius 1 is 1.36 bits per heavy atom. The first-order chi connectivity index (χ1) is 10.7. The fourth-order valence-electron chi connectivity index (χ4n) is 3.54. The molecule has 1 aliphatic rings. The van der Waals surface area contributed by atoms with Crippen molar-refractivity contribution < 1.29 is 14.3 Å². The molecule has 1 saturated carbocycles. The van der Waals surface area contributed by atoms with Gasteiger partial charge in [0.2, 0.25) is 0 Å². The lowest BCUT2D eigenvalue weighted by Crippen LogP contribution is -2.36. The number of rotatable bonds is 6. The van der Waals surface area contributed by atoms with E-state index in [9.17, 15) is 10.1 Å². The van der Waals surface area contributed by atoms with Crippen LogP contribution in [0.5, 0.6) is 5.75 Å². The van der Waals surface area contributed by atoms with Crippen LogP contribution in [0.25, 0.3) is 0 Å². The van der Waals surface area contributed by atoms with Gasteiger partial charge in [0.15, 0.2) is 0 Å². The molecule has 0 aromatic heterocycles. The Labute approximate surface area is 132 Å². The van der Waals surface area contributed by atoms with Gasteiger partial charge in [-0.2, -0.15) is 5.26 Å². The zero-order valence-corrected chi connectivity index (χ0v) is 13.3. The summed E-state index contributed by atoms with van der Waals surface area (Å²) in [5, 5.41) is 9.57. The van der Waals surface area contributed by atoms with Crippen molar-refractivity contribution in [3.63, 3.8) is 0 Å². The van der Waals surface area contributed by atoms with E-state index >= 15 is 0 Å². The highest BCUT2D eigenvalue weighted by molar-refractivity contribution is 5.76. The maximum atomic E-state index is 12.2. The van der Waals surface area contributed by atoms with Crippen LogP contribution in [0.1, 0.15) is 38.2 Å². The molecule has 0 radical (unpaired) electrons. The first-order valence-corrected chi connectivity index (χ1v) is 7.85. The number of nitriles is 1. The maximum Gasteiger partial charge on any atom is 0.323 e. The van der Waals surface area contributed by atoms with Gasteiger partial charge >= 0.3 is 5.97 Å². The van der Waals surface area contributed by atoms with Crippen LogP contribution in [0.15, 0.2) is 24.3 Å². The molecular weight excluding hydrogens is 278 g/mol. The van der Waals surface area contributed by atoms with Crippen LogP contribution in [-0.2, 0) is 16.0 Å². The molecule has 0 bridgehead atoms. The molecule has 1 fully saturated rings. The molecule has 0 aliphatic heterocycles. The summed E-state index contributed by atoms with van der Waals surface area (Å²) in [5.74, 6) is -0.281. The van der Waals surface area contributed by atoms with Gasteiger partial charge in [-0.05, 0) is 37.8 Å². The summed E-state index contributed by atoms with van der Waals surface area (Å²) in [7, 11) is 1.65. The first kappa shape index (κ1) is 16.4. The Balaban J connectivity index is 2.32. The van der Waals surface area contributed by atoms with E-state index in [0.717, 1.165) is 37.0 Å². The highest BCUT2D eigenvalue weighted by atomic mass is 16.5. The van der Waals surface area contributed by atoms with Crippen LogP contribution < -0.4 is 4.74 Å². The fourth-order valence-corrected chi connectivity index (χ4v) is 3.54. The highest BCUT2D eigenvalue weighted by Crippen LogP contribution is 2.48. The van der Waals surface area contributed by atoms with Crippen molar-refractivity contribution in [3.05, 3.63) is 29.8 Å². The summed E-state index contributed by atoms with van der Waals surface area (Å²) in [6.07, 6.45) is 4.53. The number of methoxy groups -OCH3 is 1. The van der Waals surface area contributed by atoms with Gasteiger partial charge in [-0.25, -0.2) is 0 Å². The summed E-state index contributed by atoms with van der Waals surface area (Å²) in [6, 6.07) is 10.0. The molecule has 1 unspecified atom stereocenters. The molecule has 0 saturated heterocycles. The molecule has 0 N–H and O–H groups in total. The minimum absolute atomic E-state index is 0.307. The van der Waals surface area contributed by atoms with Gasteiger partial charge in [0.1, 0.15) is 11.7 Å². The van der Waals surface area contributed by atoms with E-state index in [2.05, 4.69) is 6.07 Å². The SMILES string of the molecule is CCOC(=O)C(C#N)C1(Cc2ccccc2OC)CCCC1. The number of para-hydroxylation sites is 1. The van der Waals surface area contributed by atoms with E-state index in [1.54, 1.807) is 14.0 Å². The van der Waals surface area contributed by atoms with E-state index < -0.39 is 5.92 Å². The molecule has 2 rings (SSSR count). The number of benzene rings is 1. The van der Waals surface area contributed by atoms with Gasteiger partial charge in [0.05, 0.1) is 19.8 Å². The van der Waals surface area contributed by atoms with Gasteiger partial charge in [0.25, 0.3) is 0 Å². The van der Waals surface area contributed by atoms with E-state index in [0.29, 0.717) is 13.0 Å². The second kappa shape index (κ2) is 7.31. The third-order valence-corrected chi connectivity index (χ3v) is 4.60. The van der Waals surface area contributed by atoms with Crippen molar-refractivity contribution in [2.75, 3.05) is 13.7 Å². The number of hydrogen-bond donors (Lipinski definition) is 0. The van der Waals surface area contributed by atoms with E-state index in [-0.39, 0.29) is 11.4 Å². The quantitative estimate of drug-likeness (QED) is 0.755. The summed E-state index contributed by atoms with van der Waals surface area (Å²) in [4.78, 5) is 12.2. The van der Waals surface area contributed by atoms with Gasteiger partial charge < -0.3 is 9.47 Å². The lowest BCUT2D eigenvalue weighted by atomic mass is 9.70. The Bertz CT molecular complexity index is 556. The van der Waals surface area contributed by atoms with Gasteiger partial charge in [0, 0.05) is 5.41 Å². The molecule has 0 amide bonds. The summed E-state index contributed by atoms with van der Waals surface area (Å²) in [6.45, 7) is 2.08. The van der Waals surface area contributed by atoms with Crippen LogP contribution in [-0.4, -0.2) is 19.7 Å². The molecule has 22 heavy (non-hydrogen) atoms. The lowest BCUT2D eigenvalue weighted by molar-refractivity contribution is -0.150. The van der Waals surface area contributed by atoms with Crippen molar-refractivity contribution in [1.29, 1.82) is 5.26 Å². The topological polar surface area (TPSA) is 59.3 Å². The summed E-state index contributed by atoms with van der Waals surface area (Å²) in [5.41, 5.74) is 0.715. The van der Waals surface area contributed by atoms with Crippen LogP contribution in [0.4, 0.5) is 0 Å². The second-order valence-electron chi connectivity index (χ2n) is 5.87. The first-order valence-electron chi connectivity index (χ1n) is 7.85. The molecule has 1 aromatic carbocycles. The van der Waals surface area contributed by atoms with E-state index in [1.165, 1.54) is 0 Å². The van der Waals surface area contributed by atoms with Gasteiger partial charge in [-0.15, -0.1) is 0 Å². The highest BCUT2D eigenvalue weighted by Gasteiger charge is 2.46. The largest absolute Gasteiger partial charge is 0.496 e. The van der Waals surface area contributed by atoms with Gasteiger partial charge in [-0.1, -0.05) is 31.0 Å². The normalized spacial score (nSPS) is 17.5. The summed E-state index contributed by atoms with van der Waals surface area (Å²) < 4.78 is 10.6. The standard InChI is InChI=1S/C18H23NO3/c1-3-22-17(20)15(13-19)18(10-6-7-11-18)12-14-8-4-5-9-16(14)21-2/h4-5,8-9,15H,3,6-7,10-12H2,1-2H3. The van der Waals surface area contributed by atoms with Crippen LogP contribution in [0.3, 0.4) is 0 Å². The number of carbonyl (C=O) groups excluding carboxylic acids is 1. The Morgan fingerprint density at radius 2 is 2.05 bits per heavy atom. The monoisotopic (exact) mass is 301 g/mol. The third-order valence-electron chi connectivity index (χ3n) is 4.60. The van der Waals surface area contributed by atoms with Crippen molar-refractivity contribution >= 4 is 5.97 Å². The molecule has 0 heterocycles. The van der Waals surface area contributed by atoms with E-state index in [1.807, 2.05) is 24.3 Å². The molecule has 4 nitrogen and oxygen atoms in total. The molecular formula is C18H23NO3. The number of carbonyl (C=O) groups is 1. The maximum absolute atomic E-state index is 12.2. The molecule has 1 aliphatic carbocycles. The Hall–Kier alpha value is -2.02. The fraction of sp³-hybridized carbons (Fsp3) is 0.556. The van der Waals surface area contributed by atoms with Crippen molar-refractivity contribution in [2.24, 2.45) is 11.3 Å². The molecule has 0 spiro atoms. The minimum atomic E-state index is -0.708. The zero-order valence-electron chi connectivity index (χ0n) is 13.3. The molecule has 1 aromatic rings. The van der Waals surface area contributed by atoms with Crippen LogP contribution in [0, 0.1) is 22.7 Å². The zero-order chi connectivity index (χ0) is 16.0. The number of ether oxygens (including phenoxy) is 2. The predicted molar refractivity (Wildman–Crippen MR) is 83.3 cm³/mol. The summed E-state index contributed by atoms with van der Waals surface area (Å²) >= 11 is 0. The average Bonchev–Trinajstić information content (AvgIpc) is 2.98. The molecule has 118 valence electrons. The van der Waals surface area contributed by atoms with E-state index in [4.69, 9.17) is 9.47 Å².